The van der Waals surface area contributed by atoms with Gasteiger partial charge in [0.05, 0.1) is 10.8 Å². The Hall–Kier alpha value is -2.32. The van der Waals surface area contributed by atoms with E-state index in [-0.39, 0.29) is 19.3 Å². The van der Waals surface area contributed by atoms with Gasteiger partial charge in [0.15, 0.2) is 0 Å². The summed E-state index contributed by atoms with van der Waals surface area (Å²) in [5, 5.41) is 24.4. The van der Waals surface area contributed by atoms with Crippen LogP contribution in [0.2, 0.25) is 0 Å². The highest BCUT2D eigenvalue weighted by molar-refractivity contribution is 5.87. The molecule has 4 N–H and O–H groups in total. The van der Waals surface area contributed by atoms with E-state index in [1.807, 2.05) is 0 Å². The summed E-state index contributed by atoms with van der Waals surface area (Å²) in [5.74, 6) is -2.80. The van der Waals surface area contributed by atoms with Crippen molar-refractivity contribution in [1.29, 1.82) is 0 Å². The molecule has 3 unspecified atom stereocenters. The molecular formula is C19H32N2O7. The molecule has 0 aromatic heterocycles. The van der Waals surface area contributed by atoms with Crippen LogP contribution < -0.4 is 10.6 Å². The Balaban J connectivity index is 2.99. The van der Waals surface area contributed by atoms with Crippen LogP contribution in [0.5, 0.6) is 0 Å². The third-order valence-corrected chi connectivity index (χ3v) is 5.00. The number of amides is 2. The van der Waals surface area contributed by atoms with Gasteiger partial charge in [0.25, 0.3) is 0 Å². The summed E-state index contributed by atoms with van der Waals surface area (Å²) in [5.41, 5.74) is -4.66. The molecule has 3 atom stereocenters. The topological polar surface area (TPSA) is 142 Å². The average molecular weight is 400 g/mol. The zero-order chi connectivity index (χ0) is 22.1. The van der Waals surface area contributed by atoms with Crippen molar-refractivity contribution in [3.63, 3.8) is 0 Å². The number of carboxylic acid groups (broad SMARTS) is 2. The maximum atomic E-state index is 12.9. The van der Waals surface area contributed by atoms with Crippen LogP contribution >= 0.6 is 0 Å². The van der Waals surface area contributed by atoms with Crippen molar-refractivity contribution in [1.82, 2.24) is 10.6 Å². The molecule has 160 valence electrons. The van der Waals surface area contributed by atoms with E-state index in [1.165, 1.54) is 13.8 Å². The Labute approximate surface area is 165 Å². The van der Waals surface area contributed by atoms with E-state index in [0.29, 0.717) is 0 Å². The lowest BCUT2D eigenvalue weighted by Crippen LogP contribution is -2.57. The molecule has 1 aliphatic carbocycles. The third kappa shape index (κ3) is 5.59. The molecule has 0 radical (unpaired) electrons. The maximum absolute atomic E-state index is 12.9. The lowest BCUT2D eigenvalue weighted by molar-refractivity contribution is -0.169. The number of hydrogen-bond acceptors (Lipinski definition) is 5. The van der Waals surface area contributed by atoms with E-state index in [9.17, 15) is 29.4 Å². The highest BCUT2D eigenvalue weighted by Crippen LogP contribution is 2.54. The van der Waals surface area contributed by atoms with E-state index < -0.39 is 52.0 Å². The van der Waals surface area contributed by atoms with Gasteiger partial charge < -0.3 is 25.6 Å². The predicted molar refractivity (Wildman–Crippen MR) is 100 cm³/mol. The van der Waals surface area contributed by atoms with Crippen LogP contribution in [0.25, 0.3) is 0 Å². The Morgan fingerprint density at radius 3 is 1.61 bits per heavy atom. The number of aliphatic carboxylic acids is 2. The molecule has 0 bridgehead atoms. The number of nitrogens with one attached hydrogen (secondary N) is 2. The fraction of sp³-hybridized carbons (Fsp3) is 0.789. The molecule has 0 heterocycles. The van der Waals surface area contributed by atoms with Crippen LogP contribution in [-0.2, 0) is 19.1 Å². The van der Waals surface area contributed by atoms with Crippen LogP contribution in [0.15, 0.2) is 0 Å². The van der Waals surface area contributed by atoms with Crippen molar-refractivity contribution in [2.45, 2.75) is 79.5 Å². The normalized spacial score (nSPS) is 31.4. The quantitative estimate of drug-likeness (QED) is 0.519. The second kappa shape index (κ2) is 7.60. The molecule has 28 heavy (non-hydrogen) atoms. The Morgan fingerprint density at radius 1 is 0.857 bits per heavy atom. The number of ether oxygens (including phenoxy) is 1. The van der Waals surface area contributed by atoms with Gasteiger partial charge in [-0.15, -0.1) is 0 Å². The van der Waals surface area contributed by atoms with Crippen molar-refractivity contribution >= 4 is 23.9 Å². The minimum absolute atomic E-state index is 0.0107. The van der Waals surface area contributed by atoms with Crippen molar-refractivity contribution in [3.8, 4) is 0 Å². The van der Waals surface area contributed by atoms with Crippen molar-refractivity contribution in [3.05, 3.63) is 0 Å². The summed E-state index contributed by atoms with van der Waals surface area (Å²) in [6, 6.07) is 0. The maximum Gasteiger partial charge on any atom is 0.409 e. The van der Waals surface area contributed by atoms with E-state index in [0.717, 1.165) is 0 Å². The van der Waals surface area contributed by atoms with Gasteiger partial charge in [-0.05, 0) is 60.8 Å². The number of hydrogen-bond donors (Lipinski definition) is 4. The first-order valence-electron chi connectivity index (χ1n) is 9.20. The van der Waals surface area contributed by atoms with Crippen LogP contribution in [0.1, 0.15) is 67.7 Å². The van der Waals surface area contributed by atoms with Crippen molar-refractivity contribution < 1.29 is 34.1 Å². The molecule has 1 saturated carbocycles. The summed E-state index contributed by atoms with van der Waals surface area (Å²) in [6.07, 6.45) is -1.58. The highest BCUT2D eigenvalue weighted by Gasteiger charge is 2.58. The van der Waals surface area contributed by atoms with Crippen LogP contribution in [0.4, 0.5) is 4.79 Å². The SMILES string of the molecule is CC(NC(=O)OC(C)(C)C)NC(=O)C1(C)CC(C)(C(=O)O)CC(C)(C(=O)O)C1. The molecule has 1 aliphatic rings. The van der Waals surface area contributed by atoms with Crippen molar-refractivity contribution in [2.24, 2.45) is 16.2 Å². The van der Waals surface area contributed by atoms with Gasteiger partial charge in [-0.3, -0.25) is 14.4 Å². The van der Waals surface area contributed by atoms with Gasteiger partial charge in [-0.1, -0.05) is 6.92 Å². The zero-order valence-electron chi connectivity index (χ0n) is 17.6. The first-order valence-corrected chi connectivity index (χ1v) is 9.20. The summed E-state index contributed by atoms with van der Waals surface area (Å²) >= 11 is 0. The van der Waals surface area contributed by atoms with Gasteiger partial charge in [0.1, 0.15) is 11.8 Å². The lowest BCUT2D eigenvalue weighted by atomic mass is 9.54. The van der Waals surface area contributed by atoms with Gasteiger partial charge in [0, 0.05) is 5.41 Å². The first kappa shape index (κ1) is 23.7. The molecule has 0 aliphatic heterocycles. The number of carbonyl (C=O) groups is 4. The standard InChI is InChI=1S/C19H32N2O7/c1-11(21-15(27)28-16(2,3)4)20-12(22)17(5)8-18(6,13(23)24)10-19(7,9-17)14(25)26/h11H,8-10H2,1-7H3,(H,20,22)(H,21,27)(H,23,24)(H,25,26). The van der Waals surface area contributed by atoms with E-state index in [4.69, 9.17) is 4.74 Å². The van der Waals surface area contributed by atoms with Gasteiger partial charge >= 0.3 is 18.0 Å². The molecule has 1 rings (SSSR count). The fourth-order valence-corrected chi connectivity index (χ4v) is 4.13. The van der Waals surface area contributed by atoms with Crippen LogP contribution in [0.3, 0.4) is 0 Å². The summed E-state index contributed by atoms with van der Waals surface area (Å²) in [4.78, 5) is 48.4. The van der Waals surface area contributed by atoms with E-state index in [1.54, 1.807) is 34.6 Å². The number of carbonyl (C=O) groups excluding carboxylic acids is 2. The summed E-state index contributed by atoms with van der Waals surface area (Å²) in [6.45, 7) is 11.1. The minimum atomic E-state index is -1.36. The third-order valence-electron chi connectivity index (χ3n) is 5.00. The molecular weight excluding hydrogens is 368 g/mol. The number of rotatable bonds is 5. The number of carboxylic acids is 2. The van der Waals surface area contributed by atoms with E-state index >= 15 is 0 Å². The van der Waals surface area contributed by atoms with Gasteiger partial charge in [-0.2, -0.15) is 0 Å². The summed E-state index contributed by atoms with van der Waals surface area (Å²) in [7, 11) is 0. The fourth-order valence-electron chi connectivity index (χ4n) is 4.13. The Bertz CT molecular complexity index is 642. The predicted octanol–water partition coefficient (Wildman–Crippen LogP) is 2.35. The monoisotopic (exact) mass is 400 g/mol. The zero-order valence-corrected chi connectivity index (χ0v) is 17.6. The molecule has 0 spiro atoms. The minimum Gasteiger partial charge on any atom is -0.481 e. The molecule has 1 fully saturated rings. The lowest BCUT2D eigenvalue weighted by Gasteiger charge is -2.48. The van der Waals surface area contributed by atoms with Crippen molar-refractivity contribution in [2.75, 3.05) is 0 Å². The second-order valence-electron chi connectivity index (χ2n) is 9.66. The molecule has 2 amide bonds. The first-order chi connectivity index (χ1) is 12.4. The molecule has 9 nitrogen and oxygen atoms in total. The smallest absolute Gasteiger partial charge is 0.409 e. The summed E-state index contributed by atoms with van der Waals surface area (Å²) < 4.78 is 5.13. The average Bonchev–Trinajstić information content (AvgIpc) is 2.42. The van der Waals surface area contributed by atoms with E-state index in [2.05, 4.69) is 10.6 Å². The van der Waals surface area contributed by atoms with Gasteiger partial charge in [-0.25, -0.2) is 4.79 Å². The van der Waals surface area contributed by atoms with Crippen LogP contribution in [-0.4, -0.2) is 45.9 Å². The second-order valence-corrected chi connectivity index (χ2v) is 9.66. The Morgan fingerprint density at radius 2 is 1.25 bits per heavy atom. The Kier molecular flexibility index (Phi) is 6.44. The molecule has 0 aromatic rings. The largest absolute Gasteiger partial charge is 0.481 e. The molecule has 0 saturated heterocycles. The van der Waals surface area contributed by atoms with Gasteiger partial charge in [0.2, 0.25) is 5.91 Å². The van der Waals surface area contributed by atoms with Crippen LogP contribution in [0, 0.1) is 16.2 Å². The number of alkyl carbamates (subject to hydrolysis) is 1. The molecule has 0 aromatic carbocycles. The molecule has 9 heteroatoms. The highest BCUT2D eigenvalue weighted by atomic mass is 16.6.